The number of rotatable bonds is 6. The fraction of sp³-hybridized carbons (Fsp3) is 0.0455. The molecule has 1 aliphatic rings. The molecule has 0 aliphatic carbocycles. The Balaban J connectivity index is 1.54. The van der Waals surface area contributed by atoms with Crippen LogP contribution in [0.1, 0.15) is 21.7 Å². The monoisotopic (exact) mass is 434 g/mol. The van der Waals surface area contributed by atoms with E-state index in [0.29, 0.717) is 11.3 Å². The van der Waals surface area contributed by atoms with E-state index in [1.54, 1.807) is 24.3 Å². The Morgan fingerprint density at radius 3 is 2.56 bits per heavy atom. The third-order valence-electron chi connectivity index (χ3n) is 4.36. The maximum absolute atomic E-state index is 12.4. The van der Waals surface area contributed by atoms with E-state index in [4.69, 9.17) is 18.6 Å². The molecule has 32 heavy (non-hydrogen) atoms. The summed E-state index contributed by atoms with van der Waals surface area (Å²) in [7, 11) is 1.40. The molecule has 0 unspecified atom stereocenters. The fourth-order valence-electron chi connectivity index (χ4n) is 2.81. The summed E-state index contributed by atoms with van der Waals surface area (Å²) in [6.07, 6.45) is 2.93. The van der Waals surface area contributed by atoms with Crippen LogP contribution in [0, 0.1) is 10.1 Å². The molecule has 10 heteroatoms. The van der Waals surface area contributed by atoms with E-state index >= 15 is 0 Å². The number of carbonyl (C=O) groups excluding carboxylic acids is 2. The lowest BCUT2D eigenvalue weighted by Gasteiger charge is -2.10. The topological polar surface area (TPSA) is 130 Å². The van der Waals surface area contributed by atoms with Gasteiger partial charge in [0, 0.05) is 12.1 Å². The van der Waals surface area contributed by atoms with Gasteiger partial charge in [0.15, 0.2) is 23.0 Å². The molecule has 4 rings (SSSR count). The molecule has 0 saturated carbocycles. The number of cyclic esters (lactones) is 1. The summed E-state index contributed by atoms with van der Waals surface area (Å²) in [5.41, 5.74) is 0.611. The Labute approximate surface area is 180 Å². The first-order chi connectivity index (χ1) is 15.4. The average Bonchev–Trinajstić information content (AvgIpc) is 3.45. The number of furan rings is 1. The van der Waals surface area contributed by atoms with E-state index in [-0.39, 0.29) is 34.3 Å². The number of hydrogen-bond acceptors (Lipinski definition) is 9. The molecule has 1 aromatic heterocycles. The molecule has 2 aromatic carbocycles. The van der Waals surface area contributed by atoms with Gasteiger partial charge in [-0.3, -0.25) is 10.1 Å². The molecule has 0 N–H and O–H groups in total. The number of aliphatic imine (C=N–C) groups is 1. The lowest BCUT2D eigenvalue weighted by molar-refractivity contribution is -0.384. The highest BCUT2D eigenvalue weighted by Crippen LogP contribution is 2.30. The second-order valence-electron chi connectivity index (χ2n) is 6.42. The van der Waals surface area contributed by atoms with E-state index in [0.717, 1.165) is 0 Å². The highest BCUT2D eigenvalue weighted by Gasteiger charge is 2.26. The molecular weight excluding hydrogens is 420 g/mol. The predicted octanol–water partition coefficient (Wildman–Crippen LogP) is 3.76. The van der Waals surface area contributed by atoms with Crippen molar-refractivity contribution in [2.45, 2.75) is 0 Å². The van der Waals surface area contributed by atoms with E-state index < -0.39 is 16.9 Å². The zero-order chi connectivity index (χ0) is 22.7. The molecule has 3 aromatic rings. The van der Waals surface area contributed by atoms with Crippen LogP contribution in [0.15, 0.2) is 76.0 Å². The normalized spacial score (nSPS) is 14.1. The molecule has 160 valence electrons. The van der Waals surface area contributed by atoms with Crippen molar-refractivity contribution in [2.24, 2.45) is 4.99 Å². The van der Waals surface area contributed by atoms with Gasteiger partial charge in [0.2, 0.25) is 0 Å². The molecular formula is C22H14N2O8. The lowest BCUT2D eigenvalue weighted by Crippen LogP contribution is -2.09. The van der Waals surface area contributed by atoms with Crippen LogP contribution < -0.4 is 9.47 Å². The second-order valence-corrected chi connectivity index (χ2v) is 6.42. The molecule has 10 nitrogen and oxygen atoms in total. The van der Waals surface area contributed by atoms with Crippen molar-refractivity contribution in [3.05, 3.63) is 93.6 Å². The first-order valence-electron chi connectivity index (χ1n) is 9.16. The summed E-state index contributed by atoms with van der Waals surface area (Å²) in [4.78, 5) is 38.8. The Morgan fingerprint density at radius 1 is 1.12 bits per heavy atom. The number of carbonyl (C=O) groups is 2. The van der Waals surface area contributed by atoms with Crippen molar-refractivity contribution < 1.29 is 33.1 Å². The quantitative estimate of drug-likeness (QED) is 0.188. The van der Waals surface area contributed by atoms with Crippen molar-refractivity contribution in [3.63, 3.8) is 0 Å². The summed E-state index contributed by atoms with van der Waals surface area (Å²) < 4.78 is 20.9. The molecule has 0 saturated heterocycles. The van der Waals surface area contributed by atoms with Gasteiger partial charge in [-0.2, -0.15) is 0 Å². The van der Waals surface area contributed by atoms with Crippen LogP contribution in [0.2, 0.25) is 0 Å². The standard InChI is InChI=1S/C22H14N2O8/c1-29-19-12-13(11-16-22(26)32-20(23-16)18-3-2-10-30-18)4-9-17(19)31-21(25)14-5-7-15(8-6-14)24(27)28/h2-12H,1H3/b16-11+. The highest BCUT2D eigenvalue weighted by molar-refractivity contribution is 6.11. The predicted molar refractivity (Wildman–Crippen MR) is 110 cm³/mol. The molecule has 0 amide bonds. The van der Waals surface area contributed by atoms with Crippen molar-refractivity contribution in [3.8, 4) is 11.5 Å². The van der Waals surface area contributed by atoms with Gasteiger partial charge in [-0.15, -0.1) is 0 Å². The average molecular weight is 434 g/mol. The summed E-state index contributed by atoms with van der Waals surface area (Å²) >= 11 is 0. The van der Waals surface area contributed by atoms with Gasteiger partial charge < -0.3 is 18.6 Å². The maximum atomic E-state index is 12.4. The van der Waals surface area contributed by atoms with Crippen LogP contribution in [-0.2, 0) is 9.53 Å². The first-order valence-corrected chi connectivity index (χ1v) is 9.16. The number of ether oxygens (including phenoxy) is 3. The number of benzene rings is 2. The minimum absolute atomic E-state index is 0.0619. The van der Waals surface area contributed by atoms with Gasteiger partial charge in [-0.05, 0) is 48.0 Å². The molecule has 1 aliphatic heterocycles. The van der Waals surface area contributed by atoms with Crippen LogP contribution in [-0.4, -0.2) is 29.9 Å². The molecule has 2 heterocycles. The minimum atomic E-state index is -0.712. The molecule has 0 radical (unpaired) electrons. The number of methoxy groups -OCH3 is 1. The number of non-ortho nitro benzene ring substituents is 1. The van der Waals surface area contributed by atoms with Gasteiger partial charge >= 0.3 is 11.9 Å². The van der Waals surface area contributed by atoms with E-state index in [2.05, 4.69) is 4.99 Å². The lowest BCUT2D eigenvalue weighted by atomic mass is 10.1. The van der Waals surface area contributed by atoms with Crippen molar-refractivity contribution in [1.82, 2.24) is 0 Å². The SMILES string of the molecule is COc1cc(/C=C2/N=C(c3ccco3)OC2=O)ccc1OC(=O)c1ccc([N+](=O)[O-])cc1. The van der Waals surface area contributed by atoms with E-state index in [9.17, 15) is 19.7 Å². The van der Waals surface area contributed by atoms with Crippen molar-refractivity contribution in [2.75, 3.05) is 7.11 Å². The maximum Gasteiger partial charge on any atom is 0.363 e. The summed E-state index contributed by atoms with van der Waals surface area (Å²) in [5.74, 6) is -0.594. The van der Waals surface area contributed by atoms with E-state index in [1.807, 2.05) is 0 Å². The fourth-order valence-corrected chi connectivity index (χ4v) is 2.81. The second kappa shape index (κ2) is 8.56. The number of nitro groups is 1. The van der Waals surface area contributed by atoms with Crippen LogP contribution in [0.3, 0.4) is 0 Å². The zero-order valence-electron chi connectivity index (χ0n) is 16.5. The van der Waals surface area contributed by atoms with Crippen LogP contribution in [0.5, 0.6) is 11.5 Å². The minimum Gasteiger partial charge on any atom is -0.493 e. The molecule has 0 fully saturated rings. The summed E-state index contributed by atoms with van der Waals surface area (Å²) in [6.45, 7) is 0. The zero-order valence-corrected chi connectivity index (χ0v) is 16.5. The Bertz CT molecular complexity index is 1260. The van der Waals surface area contributed by atoms with E-state index in [1.165, 1.54) is 49.8 Å². The van der Waals surface area contributed by atoms with Gasteiger partial charge in [-0.25, -0.2) is 14.6 Å². The smallest absolute Gasteiger partial charge is 0.363 e. The molecule has 0 atom stereocenters. The molecule has 0 bridgehead atoms. The third-order valence-corrected chi connectivity index (χ3v) is 4.36. The Morgan fingerprint density at radius 2 is 1.91 bits per heavy atom. The van der Waals surface area contributed by atoms with Gasteiger partial charge in [0.05, 0.1) is 23.9 Å². The van der Waals surface area contributed by atoms with Gasteiger partial charge in [-0.1, -0.05) is 6.07 Å². The first kappa shape index (κ1) is 20.5. The van der Waals surface area contributed by atoms with Crippen LogP contribution in [0.4, 0.5) is 5.69 Å². The van der Waals surface area contributed by atoms with Crippen LogP contribution in [0.25, 0.3) is 6.08 Å². The largest absolute Gasteiger partial charge is 0.493 e. The third kappa shape index (κ3) is 4.24. The number of nitro benzene ring substituents is 1. The summed E-state index contributed by atoms with van der Waals surface area (Å²) in [5, 5.41) is 10.7. The number of hydrogen-bond donors (Lipinski definition) is 0. The van der Waals surface area contributed by atoms with Crippen molar-refractivity contribution >= 4 is 29.6 Å². The van der Waals surface area contributed by atoms with Crippen molar-refractivity contribution in [1.29, 1.82) is 0 Å². The van der Waals surface area contributed by atoms with Gasteiger partial charge in [0.1, 0.15) is 0 Å². The summed E-state index contributed by atoms with van der Waals surface area (Å²) in [6, 6.07) is 12.9. The van der Waals surface area contributed by atoms with Gasteiger partial charge in [0.25, 0.3) is 11.6 Å². The highest BCUT2D eigenvalue weighted by atomic mass is 16.6. The molecule has 0 spiro atoms. The number of esters is 2. The Kier molecular flexibility index (Phi) is 5.49. The number of nitrogens with zero attached hydrogens (tertiary/aromatic N) is 2. The van der Waals surface area contributed by atoms with Crippen LogP contribution >= 0.6 is 0 Å². The Hall–Kier alpha value is -4.73.